The molecule has 4 aliphatic carbocycles. The maximum atomic E-state index is 14.2. The number of hydrogen-bond acceptors (Lipinski definition) is 4. The number of hydrogen-bond donors (Lipinski definition) is 0. The van der Waals surface area contributed by atoms with Crippen LogP contribution in [0.4, 0.5) is 0 Å². The van der Waals surface area contributed by atoms with Crippen LogP contribution >= 0.6 is 0 Å². The summed E-state index contributed by atoms with van der Waals surface area (Å²) in [4.78, 5) is 59.0. The molecule has 0 N–H and O–H groups in total. The quantitative estimate of drug-likeness (QED) is 0.333. The van der Waals surface area contributed by atoms with Crippen molar-refractivity contribution in [2.75, 3.05) is 0 Å². The van der Waals surface area contributed by atoms with Crippen LogP contribution in [-0.4, -0.2) is 33.4 Å². The number of rotatable bonds is 5. The smallest absolute Gasteiger partial charge is 0.234 e. The standard InChI is InChI=1S/C36H30N2O4/c39-33-27-18-26(23-14-8-3-9-15-23)28-24-16-17-25(29(28)32(27)36(42)37(33)19-21-10-4-1-5-11-21)31-30(24)34(40)38(35(31)41)20-22-12-6-2-7-13-22/h1-17,24-25,27,29-32H,18-20H2/t24-,25+,27-,29-,30+,31-,32+/m0/s1. The van der Waals surface area contributed by atoms with Crippen LogP contribution in [0.25, 0.3) is 5.57 Å². The van der Waals surface area contributed by atoms with Gasteiger partial charge in [-0.25, -0.2) is 0 Å². The molecule has 9 rings (SSSR count). The molecule has 0 radical (unpaired) electrons. The topological polar surface area (TPSA) is 74.8 Å². The van der Waals surface area contributed by atoms with Gasteiger partial charge in [0.05, 0.1) is 36.8 Å². The van der Waals surface area contributed by atoms with Crippen molar-refractivity contribution in [3.05, 3.63) is 125 Å². The van der Waals surface area contributed by atoms with E-state index in [-0.39, 0.29) is 54.5 Å². The van der Waals surface area contributed by atoms with Gasteiger partial charge in [-0.3, -0.25) is 29.0 Å². The predicted molar refractivity (Wildman–Crippen MR) is 156 cm³/mol. The molecular formula is C36H30N2O4. The molecule has 3 aromatic rings. The van der Waals surface area contributed by atoms with E-state index < -0.39 is 23.7 Å². The minimum atomic E-state index is -0.534. The average molecular weight is 555 g/mol. The molecular weight excluding hydrogens is 524 g/mol. The Kier molecular flexibility index (Phi) is 5.68. The summed E-state index contributed by atoms with van der Waals surface area (Å²) in [6.07, 6.45) is 4.63. The van der Waals surface area contributed by atoms with Gasteiger partial charge in [0.15, 0.2) is 0 Å². The molecule has 0 spiro atoms. The van der Waals surface area contributed by atoms with Crippen molar-refractivity contribution in [1.82, 2.24) is 9.80 Å². The second-order valence-electron chi connectivity index (χ2n) is 12.2. The predicted octanol–water partition coefficient (Wildman–Crippen LogP) is 4.88. The number of amides is 4. The summed E-state index contributed by atoms with van der Waals surface area (Å²) in [6.45, 7) is 0.487. The van der Waals surface area contributed by atoms with Crippen molar-refractivity contribution in [2.45, 2.75) is 19.5 Å². The molecule has 2 saturated heterocycles. The van der Waals surface area contributed by atoms with Crippen molar-refractivity contribution in [2.24, 2.45) is 41.4 Å². The number of nitrogens with zero attached hydrogens (tertiary/aromatic N) is 2. The third kappa shape index (κ3) is 3.57. The van der Waals surface area contributed by atoms with Gasteiger partial charge in [-0.15, -0.1) is 0 Å². The van der Waals surface area contributed by atoms with Gasteiger partial charge < -0.3 is 0 Å². The molecule has 7 atom stereocenters. The van der Waals surface area contributed by atoms with Gasteiger partial charge in [-0.1, -0.05) is 109 Å². The molecule has 2 bridgehead atoms. The van der Waals surface area contributed by atoms with E-state index in [1.165, 1.54) is 9.80 Å². The largest absolute Gasteiger partial charge is 0.278 e. The van der Waals surface area contributed by atoms with E-state index in [1.54, 1.807) is 0 Å². The summed E-state index contributed by atoms with van der Waals surface area (Å²) in [5.41, 5.74) is 4.99. The summed E-state index contributed by atoms with van der Waals surface area (Å²) >= 11 is 0. The lowest BCUT2D eigenvalue weighted by atomic mass is 9.49. The van der Waals surface area contributed by atoms with E-state index in [4.69, 9.17) is 0 Å². The lowest BCUT2D eigenvalue weighted by molar-refractivity contribution is -0.143. The zero-order chi connectivity index (χ0) is 28.5. The Morgan fingerprint density at radius 2 is 1.07 bits per heavy atom. The third-order valence-corrected chi connectivity index (χ3v) is 10.2. The van der Waals surface area contributed by atoms with Gasteiger partial charge in [0.2, 0.25) is 23.6 Å². The Bertz CT molecular complexity index is 1680. The molecule has 0 aromatic heterocycles. The number of fused-ring (bicyclic) bond motifs is 1. The summed E-state index contributed by atoms with van der Waals surface area (Å²) in [6, 6.07) is 29.2. The molecule has 2 aliphatic heterocycles. The lowest BCUT2D eigenvalue weighted by Gasteiger charge is -2.51. The number of allylic oxidation sites excluding steroid dienone is 4. The number of carbonyl (C=O) groups excluding carboxylic acids is 4. The molecule has 208 valence electrons. The molecule has 1 saturated carbocycles. The van der Waals surface area contributed by atoms with E-state index in [1.807, 2.05) is 78.9 Å². The average Bonchev–Trinajstić information content (AvgIpc) is 3.43. The molecule has 6 nitrogen and oxygen atoms in total. The Hall–Kier alpha value is -4.58. The zero-order valence-corrected chi connectivity index (χ0v) is 23.0. The van der Waals surface area contributed by atoms with Crippen LogP contribution in [0.15, 0.2) is 109 Å². The molecule has 3 aromatic carbocycles. The summed E-state index contributed by atoms with van der Waals surface area (Å²) < 4.78 is 0. The second-order valence-corrected chi connectivity index (χ2v) is 12.2. The highest BCUT2D eigenvalue weighted by Crippen LogP contribution is 2.63. The van der Waals surface area contributed by atoms with Crippen molar-refractivity contribution in [3.8, 4) is 0 Å². The molecule has 2 heterocycles. The minimum Gasteiger partial charge on any atom is -0.278 e. The maximum Gasteiger partial charge on any atom is 0.234 e. The number of carbonyl (C=O) groups is 4. The fourth-order valence-corrected chi connectivity index (χ4v) is 8.49. The summed E-state index contributed by atoms with van der Waals surface area (Å²) in [7, 11) is 0. The monoisotopic (exact) mass is 554 g/mol. The number of benzene rings is 3. The molecule has 0 unspecified atom stereocenters. The Labute approximate surface area is 244 Å². The van der Waals surface area contributed by atoms with Crippen molar-refractivity contribution < 1.29 is 19.2 Å². The summed E-state index contributed by atoms with van der Waals surface area (Å²) in [5, 5.41) is 0. The molecule has 6 heteroatoms. The van der Waals surface area contributed by atoms with Gasteiger partial charge in [-0.05, 0) is 34.6 Å². The van der Waals surface area contributed by atoms with E-state index in [9.17, 15) is 19.2 Å². The van der Waals surface area contributed by atoms with Crippen molar-refractivity contribution >= 4 is 29.2 Å². The first kappa shape index (κ1) is 25.2. The molecule has 3 fully saturated rings. The number of imide groups is 2. The van der Waals surface area contributed by atoms with E-state index in [0.717, 1.165) is 27.8 Å². The highest BCUT2D eigenvalue weighted by atomic mass is 16.2. The van der Waals surface area contributed by atoms with E-state index in [0.29, 0.717) is 6.42 Å². The Morgan fingerprint density at radius 1 is 0.548 bits per heavy atom. The van der Waals surface area contributed by atoms with Gasteiger partial charge >= 0.3 is 0 Å². The van der Waals surface area contributed by atoms with Crippen LogP contribution in [-0.2, 0) is 32.3 Å². The highest BCUT2D eigenvalue weighted by Gasteiger charge is 2.66. The van der Waals surface area contributed by atoms with Crippen LogP contribution in [0.3, 0.4) is 0 Å². The normalized spacial score (nSPS) is 31.1. The zero-order valence-electron chi connectivity index (χ0n) is 23.0. The van der Waals surface area contributed by atoms with Crippen LogP contribution in [0.2, 0.25) is 0 Å². The van der Waals surface area contributed by atoms with Gasteiger partial charge in [0, 0.05) is 11.8 Å². The fraction of sp³-hybridized carbons (Fsp3) is 0.278. The van der Waals surface area contributed by atoms with E-state index in [2.05, 4.69) is 24.3 Å². The Balaban J connectivity index is 1.23. The van der Waals surface area contributed by atoms with Gasteiger partial charge in [0.1, 0.15) is 0 Å². The molecule has 4 amide bonds. The van der Waals surface area contributed by atoms with Crippen LogP contribution < -0.4 is 0 Å². The third-order valence-electron chi connectivity index (χ3n) is 10.2. The van der Waals surface area contributed by atoms with E-state index >= 15 is 0 Å². The highest BCUT2D eigenvalue weighted by molar-refractivity contribution is 6.09. The van der Waals surface area contributed by atoms with Gasteiger partial charge in [0.25, 0.3) is 0 Å². The minimum absolute atomic E-state index is 0.131. The van der Waals surface area contributed by atoms with Crippen LogP contribution in [0.1, 0.15) is 23.1 Å². The van der Waals surface area contributed by atoms with Crippen LogP contribution in [0, 0.1) is 41.4 Å². The fourth-order valence-electron chi connectivity index (χ4n) is 8.49. The first-order valence-corrected chi connectivity index (χ1v) is 14.8. The number of likely N-dealkylation sites (tertiary alicyclic amines) is 2. The van der Waals surface area contributed by atoms with Crippen LogP contribution in [0.5, 0.6) is 0 Å². The summed E-state index contributed by atoms with van der Waals surface area (Å²) in [5.74, 6) is -3.48. The Morgan fingerprint density at radius 3 is 1.69 bits per heavy atom. The SMILES string of the molecule is O=C1[C@H]2[C@@H]3C=C[C@@H](C4=C(c5ccccc5)C[C@@H]5C(=O)N(Cc6ccccc6)C(=O)[C@H]5[C@H]43)[C@H]2C(=O)N1Cc1ccccc1. The second kappa shape index (κ2) is 9.48. The molecule has 6 aliphatic rings. The van der Waals surface area contributed by atoms with Crippen molar-refractivity contribution in [1.29, 1.82) is 0 Å². The first-order chi connectivity index (χ1) is 20.5. The van der Waals surface area contributed by atoms with Crippen molar-refractivity contribution in [3.63, 3.8) is 0 Å². The lowest BCUT2D eigenvalue weighted by Crippen LogP contribution is -2.51. The maximum absolute atomic E-state index is 14.2. The molecule has 42 heavy (non-hydrogen) atoms. The van der Waals surface area contributed by atoms with Gasteiger partial charge in [-0.2, -0.15) is 0 Å². The first-order valence-electron chi connectivity index (χ1n) is 14.8.